The van der Waals surface area contributed by atoms with Crippen molar-refractivity contribution in [2.45, 2.75) is 24.3 Å². The predicted octanol–water partition coefficient (Wildman–Crippen LogP) is 2.18. The molecule has 5 nitrogen and oxygen atoms in total. The first-order valence-electron chi connectivity index (χ1n) is 8.50. The summed E-state index contributed by atoms with van der Waals surface area (Å²) in [6, 6.07) is 12.0. The number of nitrogens with two attached hydrogens (primary N) is 1. The second-order valence-corrected chi connectivity index (χ2v) is 7.43. The zero-order valence-electron chi connectivity index (χ0n) is 13.9. The highest BCUT2D eigenvalue weighted by molar-refractivity contribution is 8.00. The van der Waals surface area contributed by atoms with Crippen LogP contribution in [0.5, 0.6) is 0 Å². The van der Waals surface area contributed by atoms with Crippen LogP contribution in [0.25, 0.3) is 0 Å². The minimum atomic E-state index is -0.823. The molecule has 1 atom stereocenters. The summed E-state index contributed by atoms with van der Waals surface area (Å²) in [7, 11) is -0.823. The number of hydrogen-bond acceptors (Lipinski definition) is 6. The van der Waals surface area contributed by atoms with E-state index in [-0.39, 0.29) is 0 Å². The van der Waals surface area contributed by atoms with E-state index >= 15 is 0 Å². The Morgan fingerprint density at radius 3 is 3.04 bits per heavy atom. The van der Waals surface area contributed by atoms with E-state index < -0.39 is 7.12 Å². The summed E-state index contributed by atoms with van der Waals surface area (Å²) in [6.07, 6.45) is 2.08. The Balaban J connectivity index is 1.48. The number of nitrogens with one attached hydrogen (secondary N) is 1. The van der Waals surface area contributed by atoms with Crippen molar-refractivity contribution in [1.82, 2.24) is 0 Å². The van der Waals surface area contributed by atoms with Crippen LogP contribution in [0.2, 0.25) is 0 Å². The molecule has 0 aromatic heterocycles. The first-order chi connectivity index (χ1) is 12.2. The van der Waals surface area contributed by atoms with Gasteiger partial charge in [0.2, 0.25) is 0 Å². The summed E-state index contributed by atoms with van der Waals surface area (Å²) in [5.74, 6) is 0.563. The highest BCUT2D eigenvalue weighted by Gasteiger charge is 2.27. The molecular weight excluding hydrogens is 335 g/mol. The number of hydrogen-bond donors (Lipinski definition) is 3. The van der Waals surface area contributed by atoms with Gasteiger partial charge >= 0.3 is 7.12 Å². The van der Waals surface area contributed by atoms with E-state index in [1.165, 1.54) is 10.5 Å². The number of nitrogen functional groups attached to an aromatic ring is 1. The monoisotopic (exact) mass is 356 g/mol. The minimum Gasteiger partial charge on any atom is -0.423 e. The van der Waals surface area contributed by atoms with Crippen LogP contribution in [0.4, 0.5) is 11.4 Å². The maximum atomic E-state index is 9.84. The molecule has 2 heterocycles. The minimum absolute atomic E-state index is 0.468. The van der Waals surface area contributed by atoms with Crippen LogP contribution < -0.4 is 15.9 Å². The molecule has 0 bridgehead atoms. The van der Waals surface area contributed by atoms with Crippen molar-refractivity contribution in [1.29, 1.82) is 0 Å². The van der Waals surface area contributed by atoms with Crippen LogP contribution in [0.3, 0.4) is 0 Å². The van der Waals surface area contributed by atoms with Gasteiger partial charge in [0.15, 0.2) is 0 Å². The van der Waals surface area contributed by atoms with Crippen molar-refractivity contribution in [2.75, 3.05) is 23.7 Å². The lowest BCUT2D eigenvalue weighted by atomic mass is 9.79. The van der Waals surface area contributed by atoms with Crippen LogP contribution in [0.15, 0.2) is 41.3 Å². The molecule has 0 radical (unpaired) electrons. The molecule has 7 heteroatoms. The summed E-state index contributed by atoms with van der Waals surface area (Å²) in [4.78, 5) is 1.17. The van der Waals surface area contributed by atoms with E-state index in [9.17, 15) is 5.02 Å². The van der Waals surface area contributed by atoms with E-state index in [0.717, 1.165) is 48.5 Å². The Labute approximate surface area is 152 Å². The molecule has 2 aliphatic heterocycles. The topological polar surface area (TPSA) is 76.7 Å². The van der Waals surface area contributed by atoms with Gasteiger partial charge in [-0.05, 0) is 77.6 Å². The van der Waals surface area contributed by atoms with Crippen LogP contribution in [0.1, 0.15) is 17.5 Å². The highest BCUT2D eigenvalue weighted by Crippen LogP contribution is 2.30. The maximum absolute atomic E-state index is 9.84. The smallest absolute Gasteiger partial charge is 0.423 e. The van der Waals surface area contributed by atoms with Gasteiger partial charge in [-0.2, -0.15) is 0 Å². The number of benzene rings is 2. The van der Waals surface area contributed by atoms with Crippen LogP contribution >= 0.6 is 11.9 Å². The van der Waals surface area contributed by atoms with Crippen molar-refractivity contribution in [3.63, 3.8) is 0 Å². The fourth-order valence-electron chi connectivity index (χ4n) is 3.31. The number of rotatable bonds is 5. The Kier molecular flexibility index (Phi) is 4.90. The van der Waals surface area contributed by atoms with Crippen LogP contribution in [0, 0.1) is 5.92 Å². The number of anilines is 2. The van der Waals surface area contributed by atoms with Gasteiger partial charge in [-0.3, -0.25) is 0 Å². The quantitative estimate of drug-likeness (QED) is 0.433. The lowest BCUT2D eigenvalue weighted by molar-refractivity contribution is 0.185. The molecule has 1 saturated heterocycles. The zero-order valence-corrected chi connectivity index (χ0v) is 14.7. The predicted molar refractivity (Wildman–Crippen MR) is 102 cm³/mol. The summed E-state index contributed by atoms with van der Waals surface area (Å²) in [5.41, 5.74) is 10.8. The molecule has 130 valence electrons. The molecule has 2 aromatic rings. The first kappa shape index (κ1) is 16.8. The van der Waals surface area contributed by atoms with E-state index in [1.54, 1.807) is 11.9 Å². The van der Waals surface area contributed by atoms with Gasteiger partial charge in [0.05, 0.1) is 6.61 Å². The molecule has 0 spiro atoms. The van der Waals surface area contributed by atoms with Gasteiger partial charge in [-0.1, -0.05) is 6.07 Å². The zero-order chi connectivity index (χ0) is 17.2. The third-order valence-electron chi connectivity index (χ3n) is 4.70. The van der Waals surface area contributed by atoms with Gasteiger partial charge in [0.1, 0.15) is 0 Å². The van der Waals surface area contributed by atoms with Gasteiger partial charge < -0.3 is 24.9 Å². The summed E-state index contributed by atoms with van der Waals surface area (Å²) in [5, 5.41) is 9.84. The summed E-state index contributed by atoms with van der Waals surface area (Å²) >= 11 is 1.57. The molecular formula is C18H21BN2O3S. The standard InChI is InChI=1S/C18H21BN2O3S/c20-15-2-4-18(14(8-15)7-12-5-6-23-10-12)25-21-16-3-1-13-11-24-19(22)17(13)9-16/h1-4,8-9,12,21-22H,5-7,10-11,20H2. The third kappa shape index (κ3) is 3.79. The molecule has 2 aromatic carbocycles. The Hall–Kier alpha value is -1.67. The SMILES string of the molecule is Nc1ccc(SNc2ccc3c(c2)B(O)OC3)c(CC2CCOC2)c1. The normalized spacial score (nSPS) is 19.2. The average molecular weight is 356 g/mol. The van der Waals surface area contributed by atoms with Gasteiger partial charge in [0, 0.05) is 29.5 Å². The van der Waals surface area contributed by atoms with Crippen LogP contribution in [-0.2, 0) is 22.4 Å². The fraction of sp³-hybridized carbons (Fsp3) is 0.333. The molecule has 0 saturated carbocycles. The Bertz CT molecular complexity index is 768. The van der Waals surface area contributed by atoms with Crippen molar-refractivity contribution in [3.05, 3.63) is 47.5 Å². The molecule has 25 heavy (non-hydrogen) atoms. The first-order valence-corrected chi connectivity index (χ1v) is 9.32. The molecule has 2 aliphatic rings. The third-order valence-corrected chi connectivity index (χ3v) is 5.66. The van der Waals surface area contributed by atoms with Crippen molar-refractivity contribution in [3.8, 4) is 0 Å². The number of ether oxygens (including phenoxy) is 1. The molecule has 1 unspecified atom stereocenters. The Morgan fingerprint density at radius 2 is 2.20 bits per heavy atom. The highest BCUT2D eigenvalue weighted by atomic mass is 32.2. The second-order valence-electron chi connectivity index (χ2n) is 6.58. The molecule has 0 amide bonds. The van der Waals surface area contributed by atoms with Gasteiger partial charge in [-0.25, -0.2) is 0 Å². The molecule has 4 rings (SSSR count). The van der Waals surface area contributed by atoms with Gasteiger partial charge in [0.25, 0.3) is 0 Å². The van der Waals surface area contributed by atoms with E-state index in [2.05, 4.69) is 16.9 Å². The molecule has 0 aliphatic carbocycles. The Morgan fingerprint density at radius 1 is 1.28 bits per heavy atom. The van der Waals surface area contributed by atoms with E-state index in [0.29, 0.717) is 12.5 Å². The van der Waals surface area contributed by atoms with E-state index in [1.807, 2.05) is 24.3 Å². The average Bonchev–Trinajstić information content (AvgIpc) is 3.24. The second kappa shape index (κ2) is 7.29. The van der Waals surface area contributed by atoms with E-state index in [4.69, 9.17) is 15.1 Å². The van der Waals surface area contributed by atoms with Crippen molar-refractivity contribution in [2.24, 2.45) is 5.92 Å². The van der Waals surface area contributed by atoms with Crippen molar-refractivity contribution < 1.29 is 14.4 Å². The largest absolute Gasteiger partial charge is 0.491 e. The van der Waals surface area contributed by atoms with Crippen molar-refractivity contribution >= 4 is 35.9 Å². The molecule has 4 N–H and O–H groups in total. The lowest BCUT2D eigenvalue weighted by Gasteiger charge is -2.14. The van der Waals surface area contributed by atoms with Gasteiger partial charge in [-0.15, -0.1) is 0 Å². The maximum Gasteiger partial charge on any atom is 0.491 e. The number of fused-ring (bicyclic) bond motifs is 1. The van der Waals surface area contributed by atoms with Crippen LogP contribution in [-0.4, -0.2) is 25.4 Å². The summed E-state index contributed by atoms with van der Waals surface area (Å²) in [6.45, 7) is 2.15. The summed E-state index contributed by atoms with van der Waals surface area (Å²) < 4.78 is 14.1. The molecule has 1 fully saturated rings. The fourth-order valence-corrected chi connectivity index (χ4v) is 4.07. The lowest BCUT2D eigenvalue weighted by Crippen LogP contribution is -2.28.